The third-order valence-corrected chi connectivity index (χ3v) is 6.18. The molecule has 46 heavy (non-hydrogen) atoms. The van der Waals surface area contributed by atoms with Crippen LogP contribution in [0.15, 0.2) is 41.5 Å². The Morgan fingerprint density at radius 1 is 1.07 bits per heavy atom. The number of aromatic nitrogens is 4. The van der Waals surface area contributed by atoms with Gasteiger partial charge in [0.05, 0.1) is 26.0 Å². The minimum Gasteiger partial charge on any atom is -0.465 e. The molecule has 0 bridgehead atoms. The average molecular weight is 647 g/mol. The summed E-state index contributed by atoms with van der Waals surface area (Å²) in [7, 11) is 0. The molecule has 2 atom stereocenters. The Morgan fingerprint density at radius 3 is 2.48 bits per heavy atom. The molecule has 0 saturated heterocycles. The summed E-state index contributed by atoms with van der Waals surface area (Å²) >= 11 is 0. The first-order chi connectivity index (χ1) is 21.8. The summed E-state index contributed by atoms with van der Waals surface area (Å²) in [5.41, 5.74) is -0.309. The molecule has 0 aliphatic carbocycles. The fourth-order valence-corrected chi connectivity index (χ4v) is 4.13. The lowest BCUT2D eigenvalue weighted by Gasteiger charge is -2.27. The van der Waals surface area contributed by atoms with E-state index in [2.05, 4.69) is 30.9 Å². The van der Waals surface area contributed by atoms with Gasteiger partial charge in [0.25, 0.3) is 0 Å². The number of carbonyl (C=O) groups is 3. The number of hydrogen-bond acceptors (Lipinski definition) is 13. The molecular formula is C29H42N8O9. The molecule has 2 unspecified atom stereocenters. The van der Waals surface area contributed by atoms with Gasteiger partial charge >= 0.3 is 23.8 Å². The maximum atomic E-state index is 12.4. The molecule has 0 radical (unpaired) electrons. The van der Waals surface area contributed by atoms with Gasteiger partial charge in [0.15, 0.2) is 5.65 Å². The molecule has 0 aliphatic rings. The van der Waals surface area contributed by atoms with Crippen molar-refractivity contribution in [1.29, 1.82) is 0 Å². The topological polar surface area (TPSA) is 222 Å². The molecule has 252 valence electrons. The molecule has 2 heterocycles. The number of hydrogen-bond donors (Lipinski definition) is 6. The number of amides is 2. The highest BCUT2D eigenvalue weighted by atomic mass is 16.6. The molecule has 3 aromatic rings. The Labute approximate surface area is 265 Å². The predicted octanol–water partition coefficient (Wildman–Crippen LogP) is 0.875. The molecule has 2 aromatic heterocycles. The van der Waals surface area contributed by atoms with Crippen LogP contribution in [0.4, 0.5) is 15.4 Å². The van der Waals surface area contributed by atoms with Crippen molar-refractivity contribution in [3.8, 4) is 0 Å². The molecule has 17 nitrogen and oxygen atoms in total. The van der Waals surface area contributed by atoms with Gasteiger partial charge in [0.1, 0.15) is 36.0 Å². The van der Waals surface area contributed by atoms with Crippen LogP contribution in [0.25, 0.3) is 11.2 Å². The van der Waals surface area contributed by atoms with Crippen molar-refractivity contribution in [2.45, 2.75) is 65.3 Å². The van der Waals surface area contributed by atoms with Gasteiger partial charge in [-0.25, -0.2) is 19.4 Å². The second-order valence-corrected chi connectivity index (χ2v) is 11.1. The van der Waals surface area contributed by atoms with Gasteiger partial charge in [0, 0.05) is 26.1 Å². The van der Waals surface area contributed by atoms with E-state index < -0.39 is 41.9 Å². The first-order valence-electron chi connectivity index (χ1n) is 14.7. The summed E-state index contributed by atoms with van der Waals surface area (Å²) in [5.74, 6) is -0.504. The lowest BCUT2D eigenvalue weighted by molar-refractivity contribution is -0.147. The number of carbonyl (C=O) groups excluding carboxylic acids is 3. The summed E-state index contributed by atoms with van der Waals surface area (Å²) in [6, 6.07) is 9.17. The maximum absolute atomic E-state index is 12.4. The summed E-state index contributed by atoms with van der Waals surface area (Å²) < 4.78 is 16.8. The predicted molar refractivity (Wildman–Crippen MR) is 165 cm³/mol. The number of aliphatic hydroxyl groups is 2. The minimum atomic E-state index is -1.28. The van der Waals surface area contributed by atoms with Crippen molar-refractivity contribution >= 4 is 35.1 Å². The quantitative estimate of drug-likeness (QED) is 0.0723. The van der Waals surface area contributed by atoms with E-state index in [1.54, 1.807) is 27.7 Å². The summed E-state index contributed by atoms with van der Waals surface area (Å²) in [5, 5.41) is 29.4. The number of esters is 1. The molecule has 0 saturated carbocycles. The Hall–Kier alpha value is -4.74. The van der Waals surface area contributed by atoms with E-state index in [0.29, 0.717) is 0 Å². The average Bonchev–Trinajstić information content (AvgIpc) is 3.37. The zero-order valence-electron chi connectivity index (χ0n) is 26.3. The number of rotatable bonds is 16. The maximum Gasteiger partial charge on any atom is 0.407 e. The lowest BCUT2D eigenvalue weighted by atomic mass is 10.2. The van der Waals surface area contributed by atoms with Gasteiger partial charge < -0.3 is 44.9 Å². The number of anilines is 1. The molecule has 1 aromatic carbocycles. The van der Waals surface area contributed by atoms with Crippen molar-refractivity contribution in [3.05, 3.63) is 52.7 Å². The molecule has 6 N–H and O–H groups in total. The van der Waals surface area contributed by atoms with Crippen LogP contribution in [-0.2, 0) is 32.2 Å². The van der Waals surface area contributed by atoms with Crippen molar-refractivity contribution in [2.24, 2.45) is 0 Å². The monoisotopic (exact) mass is 646 g/mol. The van der Waals surface area contributed by atoms with E-state index in [1.165, 1.54) is 15.8 Å². The SMILES string of the molecule is CCOC(=O)CN(CCNC(=O)OC(C)(C)C)C(O)Cn1cnc2c(NC(O)CCNC(=O)OCc3ccccc3)[nH]c(=O)nc21. The Morgan fingerprint density at radius 2 is 1.78 bits per heavy atom. The number of nitrogens with zero attached hydrogens (tertiary/aromatic N) is 4. The van der Waals surface area contributed by atoms with E-state index in [9.17, 15) is 29.4 Å². The number of alkyl carbamates (subject to hydrolysis) is 2. The van der Waals surface area contributed by atoms with Crippen LogP contribution in [0.5, 0.6) is 0 Å². The number of nitrogens with one attached hydrogen (secondary N) is 4. The number of ether oxygens (including phenoxy) is 3. The number of aliphatic hydroxyl groups excluding tert-OH is 2. The Balaban J connectivity index is 1.60. The summed E-state index contributed by atoms with van der Waals surface area (Å²) in [4.78, 5) is 60.7. The van der Waals surface area contributed by atoms with Crippen LogP contribution in [0.2, 0.25) is 0 Å². The smallest absolute Gasteiger partial charge is 0.407 e. The van der Waals surface area contributed by atoms with Crippen LogP contribution in [0.1, 0.15) is 39.7 Å². The number of fused-ring (bicyclic) bond motifs is 1. The first-order valence-corrected chi connectivity index (χ1v) is 14.7. The first kappa shape index (κ1) is 35.7. The fraction of sp³-hybridized carbons (Fsp3) is 0.517. The number of benzene rings is 1. The summed E-state index contributed by atoms with van der Waals surface area (Å²) in [6.07, 6.45) is -2.36. The number of aromatic amines is 1. The molecule has 3 rings (SSSR count). The highest BCUT2D eigenvalue weighted by molar-refractivity contribution is 5.82. The van der Waals surface area contributed by atoms with Crippen molar-refractivity contribution in [3.63, 3.8) is 0 Å². The molecule has 0 fully saturated rings. The van der Waals surface area contributed by atoms with Crippen LogP contribution in [0, 0.1) is 0 Å². The van der Waals surface area contributed by atoms with Gasteiger partial charge in [-0.05, 0) is 33.3 Å². The summed E-state index contributed by atoms with van der Waals surface area (Å²) in [6.45, 7) is 6.83. The fourth-order valence-electron chi connectivity index (χ4n) is 4.13. The zero-order valence-corrected chi connectivity index (χ0v) is 26.3. The minimum absolute atomic E-state index is 0.0551. The molecule has 17 heteroatoms. The Bertz CT molecular complexity index is 1490. The number of H-pyrrole nitrogens is 1. The van der Waals surface area contributed by atoms with Gasteiger partial charge in [-0.15, -0.1) is 0 Å². The van der Waals surface area contributed by atoms with Crippen LogP contribution in [-0.4, -0.2) is 104 Å². The largest absolute Gasteiger partial charge is 0.465 e. The highest BCUT2D eigenvalue weighted by Crippen LogP contribution is 2.18. The van der Waals surface area contributed by atoms with Crippen molar-refractivity contribution in [1.82, 2.24) is 35.1 Å². The van der Waals surface area contributed by atoms with Gasteiger partial charge in [-0.1, -0.05) is 30.3 Å². The van der Waals surface area contributed by atoms with Crippen LogP contribution in [0.3, 0.4) is 0 Å². The van der Waals surface area contributed by atoms with Gasteiger partial charge in [0.2, 0.25) is 0 Å². The molecule has 2 amide bonds. The van der Waals surface area contributed by atoms with E-state index in [-0.39, 0.29) is 69.3 Å². The van der Waals surface area contributed by atoms with Gasteiger partial charge in [-0.3, -0.25) is 14.7 Å². The van der Waals surface area contributed by atoms with E-state index in [1.807, 2.05) is 30.3 Å². The zero-order chi connectivity index (χ0) is 33.7. The molecule has 0 spiro atoms. The standard InChI is InChI=1S/C29H42N8O9/c1-5-44-22(40)16-36(14-13-31-28(43)46-29(2,3)4)21(39)15-37-18-32-23-24(34-26(41)35-25(23)37)33-20(38)11-12-30-27(42)45-17-19-9-7-6-8-10-19/h6-10,18,20-21,38-39H,5,11-17H2,1-4H3,(H,30,42)(H,31,43)(H2,33,34,35,41). The Kier molecular flexibility index (Phi) is 13.3. The van der Waals surface area contributed by atoms with Crippen molar-refractivity contribution < 1.29 is 38.8 Å². The third-order valence-electron chi connectivity index (χ3n) is 6.18. The van der Waals surface area contributed by atoms with Crippen LogP contribution < -0.4 is 21.6 Å². The van der Waals surface area contributed by atoms with Crippen molar-refractivity contribution in [2.75, 3.05) is 38.1 Å². The van der Waals surface area contributed by atoms with E-state index in [0.717, 1.165) is 5.56 Å². The van der Waals surface area contributed by atoms with E-state index >= 15 is 0 Å². The van der Waals surface area contributed by atoms with Crippen LogP contribution >= 0.6 is 0 Å². The molecule has 0 aliphatic heterocycles. The normalized spacial score (nSPS) is 12.8. The second kappa shape index (κ2) is 17.1. The lowest BCUT2D eigenvalue weighted by Crippen LogP contribution is -2.46. The van der Waals surface area contributed by atoms with E-state index in [4.69, 9.17) is 14.2 Å². The third kappa shape index (κ3) is 12.0. The second-order valence-electron chi connectivity index (χ2n) is 11.1. The van der Waals surface area contributed by atoms with Gasteiger partial charge in [-0.2, -0.15) is 4.98 Å². The molecular weight excluding hydrogens is 604 g/mol. The highest BCUT2D eigenvalue weighted by Gasteiger charge is 2.23. The number of imidazole rings is 1.